The Morgan fingerprint density at radius 1 is 1.07 bits per heavy atom. The van der Waals surface area contributed by atoms with E-state index in [0.717, 1.165) is 17.5 Å². The quantitative estimate of drug-likeness (QED) is 0.436. The first kappa shape index (κ1) is 22.7. The Morgan fingerprint density at radius 3 is 2.21 bits per heavy atom. The van der Waals surface area contributed by atoms with Crippen molar-refractivity contribution in [2.24, 2.45) is 5.73 Å². The van der Waals surface area contributed by atoms with E-state index in [-0.39, 0.29) is 5.91 Å². The Balaban J connectivity index is 0.000000717. The number of aryl methyl sites for hydroxylation is 2. The standard InChI is InChI=1S/C20H19NO2.C2H6.CH4N2/c1-14-8-10-16(11-9-14)13-21-20(22)18-12-19(23-15(18)2)17-6-4-3-5-7-17;1-2;2-1-3/h3-12H,13H2,1-2H3,(H,21,22);1-2H3;1H,(H3,2,3). The van der Waals surface area contributed by atoms with E-state index in [1.54, 1.807) is 6.07 Å². The number of carbonyl (C=O) groups excluding carboxylic acids is 1. The van der Waals surface area contributed by atoms with Gasteiger partial charge in [-0.3, -0.25) is 10.2 Å². The minimum absolute atomic E-state index is 0.117. The minimum Gasteiger partial charge on any atom is -0.461 e. The van der Waals surface area contributed by atoms with E-state index in [2.05, 4.69) is 11.1 Å². The van der Waals surface area contributed by atoms with Crippen LogP contribution in [0.25, 0.3) is 11.3 Å². The Hall–Kier alpha value is -3.34. The number of rotatable bonds is 4. The van der Waals surface area contributed by atoms with E-state index in [9.17, 15) is 4.79 Å². The molecule has 1 amide bonds. The molecular formula is C23H29N3O2. The molecule has 1 aromatic heterocycles. The van der Waals surface area contributed by atoms with Crippen LogP contribution >= 0.6 is 0 Å². The van der Waals surface area contributed by atoms with E-state index >= 15 is 0 Å². The fraction of sp³-hybridized carbons (Fsp3) is 0.217. The molecule has 0 aliphatic rings. The third kappa shape index (κ3) is 6.76. The highest BCUT2D eigenvalue weighted by atomic mass is 16.3. The summed E-state index contributed by atoms with van der Waals surface area (Å²) in [5.41, 5.74) is 8.22. The van der Waals surface area contributed by atoms with Crippen molar-refractivity contribution in [3.05, 3.63) is 83.1 Å². The number of carbonyl (C=O) groups is 1. The highest BCUT2D eigenvalue weighted by molar-refractivity contribution is 5.96. The Bertz CT molecular complexity index is 853. The first-order valence-corrected chi connectivity index (χ1v) is 9.25. The lowest BCUT2D eigenvalue weighted by molar-refractivity contribution is 0.0949. The van der Waals surface area contributed by atoms with Gasteiger partial charge in [-0.15, -0.1) is 0 Å². The molecule has 3 aromatic rings. The fourth-order valence-corrected chi connectivity index (χ4v) is 2.44. The molecule has 0 unspecified atom stereocenters. The van der Waals surface area contributed by atoms with Gasteiger partial charge >= 0.3 is 0 Å². The molecule has 0 fully saturated rings. The SMILES string of the molecule is CC.Cc1ccc(CNC(=O)c2cc(-c3ccccc3)oc2C)cc1.N=CN. The molecule has 0 bridgehead atoms. The lowest BCUT2D eigenvalue weighted by Gasteiger charge is -2.04. The van der Waals surface area contributed by atoms with Crippen LogP contribution < -0.4 is 11.1 Å². The van der Waals surface area contributed by atoms with E-state index in [1.807, 2.05) is 82.3 Å². The minimum atomic E-state index is -0.117. The van der Waals surface area contributed by atoms with Gasteiger partial charge < -0.3 is 15.5 Å². The molecular weight excluding hydrogens is 350 g/mol. The largest absolute Gasteiger partial charge is 0.461 e. The molecule has 3 rings (SSSR count). The van der Waals surface area contributed by atoms with E-state index in [1.165, 1.54) is 5.56 Å². The Kier molecular flexibility index (Phi) is 9.83. The monoisotopic (exact) mass is 379 g/mol. The zero-order valence-electron chi connectivity index (χ0n) is 17.0. The van der Waals surface area contributed by atoms with Crippen LogP contribution in [0.4, 0.5) is 0 Å². The number of hydrogen-bond acceptors (Lipinski definition) is 3. The maximum atomic E-state index is 12.4. The Morgan fingerprint density at radius 2 is 1.64 bits per heavy atom. The van der Waals surface area contributed by atoms with Crippen molar-refractivity contribution in [2.45, 2.75) is 34.2 Å². The number of nitrogens with two attached hydrogens (primary N) is 1. The first-order chi connectivity index (χ1) is 13.5. The number of furan rings is 1. The summed E-state index contributed by atoms with van der Waals surface area (Å²) in [4.78, 5) is 12.4. The number of hydrogen-bond donors (Lipinski definition) is 3. The molecule has 0 spiro atoms. The van der Waals surface area contributed by atoms with Crippen LogP contribution in [0.3, 0.4) is 0 Å². The zero-order valence-corrected chi connectivity index (χ0v) is 17.0. The molecule has 0 saturated carbocycles. The zero-order chi connectivity index (χ0) is 20.9. The molecule has 0 aliphatic carbocycles. The Labute approximate surface area is 167 Å². The van der Waals surface area contributed by atoms with Crippen molar-refractivity contribution in [2.75, 3.05) is 0 Å². The van der Waals surface area contributed by atoms with Gasteiger partial charge in [-0.25, -0.2) is 0 Å². The van der Waals surface area contributed by atoms with Crippen molar-refractivity contribution in [3.8, 4) is 11.3 Å². The van der Waals surface area contributed by atoms with Gasteiger partial charge in [0.1, 0.15) is 11.5 Å². The highest BCUT2D eigenvalue weighted by Gasteiger charge is 2.15. The molecule has 148 valence electrons. The first-order valence-electron chi connectivity index (χ1n) is 9.25. The van der Waals surface area contributed by atoms with Gasteiger partial charge in [0.2, 0.25) is 0 Å². The molecule has 4 N–H and O–H groups in total. The third-order valence-electron chi connectivity index (χ3n) is 3.79. The average molecular weight is 380 g/mol. The molecule has 0 aliphatic heterocycles. The van der Waals surface area contributed by atoms with Crippen molar-refractivity contribution in [3.63, 3.8) is 0 Å². The van der Waals surface area contributed by atoms with Crippen LogP contribution in [0.15, 0.2) is 65.1 Å². The summed E-state index contributed by atoms with van der Waals surface area (Å²) >= 11 is 0. The van der Waals surface area contributed by atoms with Gasteiger partial charge in [0.05, 0.1) is 11.9 Å². The number of benzene rings is 2. The van der Waals surface area contributed by atoms with E-state index in [4.69, 9.17) is 9.83 Å². The summed E-state index contributed by atoms with van der Waals surface area (Å²) in [5.74, 6) is 1.22. The average Bonchev–Trinajstić information content (AvgIpc) is 3.12. The normalized spacial score (nSPS) is 9.29. The van der Waals surface area contributed by atoms with Crippen LogP contribution in [-0.2, 0) is 6.54 Å². The lowest BCUT2D eigenvalue weighted by atomic mass is 10.1. The van der Waals surface area contributed by atoms with E-state index in [0.29, 0.717) is 23.6 Å². The molecule has 0 atom stereocenters. The molecule has 5 nitrogen and oxygen atoms in total. The van der Waals surface area contributed by atoms with Gasteiger partial charge in [0.25, 0.3) is 5.91 Å². The molecule has 1 heterocycles. The number of amides is 1. The van der Waals surface area contributed by atoms with Gasteiger partial charge in [0.15, 0.2) is 0 Å². The summed E-state index contributed by atoms with van der Waals surface area (Å²) in [7, 11) is 0. The maximum absolute atomic E-state index is 12.4. The van der Waals surface area contributed by atoms with Crippen LogP contribution in [0.1, 0.15) is 41.1 Å². The van der Waals surface area contributed by atoms with Crippen LogP contribution in [-0.4, -0.2) is 12.2 Å². The van der Waals surface area contributed by atoms with Crippen LogP contribution in [0.2, 0.25) is 0 Å². The predicted octanol–water partition coefficient (Wildman–Crippen LogP) is 5.07. The molecule has 2 aromatic carbocycles. The second kappa shape index (κ2) is 12.1. The molecule has 5 heteroatoms. The predicted molar refractivity (Wildman–Crippen MR) is 116 cm³/mol. The van der Waals surface area contributed by atoms with Gasteiger partial charge in [0, 0.05) is 12.1 Å². The second-order valence-corrected chi connectivity index (χ2v) is 5.78. The summed E-state index contributed by atoms with van der Waals surface area (Å²) < 4.78 is 5.73. The van der Waals surface area contributed by atoms with Crippen LogP contribution in [0, 0.1) is 19.3 Å². The van der Waals surface area contributed by atoms with Crippen molar-refractivity contribution >= 4 is 12.2 Å². The van der Waals surface area contributed by atoms with Crippen molar-refractivity contribution in [1.29, 1.82) is 5.41 Å². The van der Waals surface area contributed by atoms with Crippen LogP contribution in [0.5, 0.6) is 0 Å². The molecule has 0 saturated heterocycles. The lowest BCUT2D eigenvalue weighted by Crippen LogP contribution is -2.22. The maximum Gasteiger partial charge on any atom is 0.255 e. The van der Waals surface area contributed by atoms with E-state index < -0.39 is 0 Å². The fourth-order valence-electron chi connectivity index (χ4n) is 2.44. The highest BCUT2D eigenvalue weighted by Crippen LogP contribution is 2.25. The molecule has 28 heavy (non-hydrogen) atoms. The van der Waals surface area contributed by atoms with Gasteiger partial charge in [-0.05, 0) is 25.5 Å². The smallest absolute Gasteiger partial charge is 0.255 e. The second-order valence-electron chi connectivity index (χ2n) is 5.78. The number of nitrogens with one attached hydrogen (secondary N) is 2. The van der Waals surface area contributed by atoms with Crippen molar-refractivity contribution < 1.29 is 9.21 Å². The van der Waals surface area contributed by atoms with Gasteiger partial charge in [-0.2, -0.15) is 0 Å². The summed E-state index contributed by atoms with van der Waals surface area (Å²) in [6.07, 6.45) is 0.750. The van der Waals surface area contributed by atoms with Gasteiger partial charge in [-0.1, -0.05) is 74.0 Å². The third-order valence-corrected chi connectivity index (χ3v) is 3.79. The summed E-state index contributed by atoms with van der Waals surface area (Å²) in [6, 6.07) is 19.7. The summed E-state index contributed by atoms with van der Waals surface area (Å²) in [5, 5.41) is 8.80. The topological polar surface area (TPSA) is 92.1 Å². The van der Waals surface area contributed by atoms with Crippen molar-refractivity contribution in [1.82, 2.24) is 5.32 Å². The summed E-state index contributed by atoms with van der Waals surface area (Å²) in [6.45, 7) is 8.36. The molecule has 0 radical (unpaired) electrons.